The summed E-state index contributed by atoms with van der Waals surface area (Å²) in [6.07, 6.45) is 1.91. The van der Waals surface area contributed by atoms with Crippen molar-refractivity contribution in [3.63, 3.8) is 0 Å². The molecule has 0 spiro atoms. The summed E-state index contributed by atoms with van der Waals surface area (Å²) in [5.74, 6) is -2.17. The van der Waals surface area contributed by atoms with Gasteiger partial charge in [-0.1, -0.05) is 0 Å². The van der Waals surface area contributed by atoms with E-state index in [9.17, 15) is 22.8 Å². The minimum absolute atomic E-state index is 0.0143. The van der Waals surface area contributed by atoms with Gasteiger partial charge in [0, 0.05) is 24.7 Å². The van der Waals surface area contributed by atoms with Gasteiger partial charge in [-0.2, -0.15) is 5.10 Å². The number of rotatable bonds is 4. The van der Waals surface area contributed by atoms with Crippen LogP contribution in [0.2, 0.25) is 0 Å². The number of fused-ring (bicyclic) bond motifs is 1. The number of nitrogens with two attached hydrogens (primary N) is 1. The van der Waals surface area contributed by atoms with Gasteiger partial charge in [-0.15, -0.1) is 0 Å². The fourth-order valence-corrected chi connectivity index (χ4v) is 3.78. The Morgan fingerprint density at radius 2 is 2.07 bits per heavy atom. The summed E-state index contributed by atoms with van der Waals surface area (Å²) in [4.78, 5) is 25.0. The van der Waals surface area contributed by atoms with Gasteiger partial charge in [-0.3, -0.25) is 9.59 Å². The smallest absolute Gasteiger partial charge is 0.253 e. The molecule has 1 aliphatic heterocycles. The Morgan fingerprint density at radius 3 is 2.79 bits per heavy atom. The van der Waals surface area contributed by atoms with E-state index in [2.05, 4.69) is 5.10 Å². The Morgan fingerprint density at radius 1 is 1.29 bits per heavy atom. The van der Waals surface area contributed by atoms with Gasteiger partial charge in [0.15, 0.2) is 6.29 Å². The Hall–Kier alpha value is -3.36. The molecule has 144 valence electrons. The number of carbonyl (C=O) groups is 2. The largest absolute Gasteiger partial charge is 0.365 e. The third-order valence-electron chi connectivity index (χ3n) is 4.94. The number of amides is 1. The molecular formula is C19H15F3N4O2. The second-order valence-electron chi connectivity index (χ2n) is 6.62. The highest BCUT2D eigenvalue weighted by Gasteiger charge is 2.37. The van der Waals surface area contributed by atoms with Crippen molar-refractivity contribution in [1.82, 2.24) is 9.61 Å². The van der Waals surface area contributed by atoms with E-state index in [-0.39, 0.29) is 40.9 Å². The zero-order chi connectivity index (χ0) is 20.0. The van der Waals surface area contributed by atoms with Crippen LogP contribution in [-0.4, -0.2) is 34.5 Å². The summed E-state index contributed by atoms with van der Waals surface area (Å²) in [7, 11) is 0. The van der Waals surface area contributed by atoms with E-state index in [1.807, 2.05) is 0 Å². The average Bonchev–Trinajstić information content (AvgIpc) is 3.25. The Balaban J connectivity index is 1.92. The van der Waals surface area contributed by atoms with Crippen LogP contribution in [0.25, 0.3) is 5.52 Å². The second-order valence-corrected chi connectivity index (χ2v) is 6.62. The number of aromatic nitrogens is 2. The normalized spacial score (nSPS) is 19.3. The lowest BCUT2D eigenvalue weighted by molar-refractivity contribution is 0.100. The molecule has 0 saturated carbocycles. The van der Waals surface area contributed by atoms with Crippen molar-refractivity contribution in [3.05, 3.63) is 65.0 Å². The number of hydrogen-bond donors (Lipinski definition) is 1. The highest BCUT2D eigenvalue weighted by Crippen LogP contribution is 2.41. The molecule has 1 saturated heterocycles. The van der Waals surface area contributed by atoms with E-state index < -0.39 is 29.8 Å². The minimum Gasteiger partial charge on any atom is -0.365 e. The topological polar surface area (TPSA) is 80.7 Å². The molecule has 1 amide bonds. The number of carbonyl (C=O) groups excluding carboxylic acids is 2. The maximum Gasteiger partial charge on any atom is 0.253 e. The maximum atomic E-state index is 14.4. The molecule has 2 N–H and O–H groups in total. The van der Waals surface area contributed by atoms with Crippen LogP contribution in [0.15, 0.2) is 36.7 Å². The van der Waals surface area contributed by atoms with E-state index in [4.69, 9.17) is 5.73 Å². The van der Waals surface area contributed by atoms with Gasteiger partial charge in [-0.25, -0.2) is 17.7 Å². The first-order chi connectivity index (χ1) is 13.4. The van der Waals surface area contributed by atoms with Gasteiger partial charge >= 0.3 is 0 Å². The maximum absolute atomic E-state index is 14.4. The van der Waals surface area contributed by atoms with Gasteiger partial charge in [0.2, 0.25) is 0 Å². The highest BCUT2D eigenvalue weighted by molar-refractivity contribution is 6.08. The van der Waals surface area contributed by atoms with Crippen molar-refractivity contribution >= 4 is 23.4 Å². The zero-order valence-electron chi connectivity index (χ0n) is 14.5. The fraction of sp³-hybridized carbons (Fsp3) is 0.211. The molecule has 2 atom stereocenters. The third kappa shape index (κ3) is 2.79. The molecule has 1 fully saturated rings. The first-order valence-electron chi connectivity index (χ1n) is 8.51. The monoisotopic (exact) mass is 388 g/mol. The molecule has 2 aromatic heterocycles. The van der Waals surface area contributed by atoms with Crippen molar-refractivity contribution in [2.24, 2.45) is 5.73 Å². The van der Waals surface area contributed by atoms with E-state index in [1.165, 1.54) is 27.9 Å². The molecular weight excluding hydrogens is 373 g/mol. The van der Waals surface area contributed by atoms with Crippen LogP contribution in [0.1, 0.15) is 38.7 Å². The molecule has 1 aromatic carbocycles. The van der Waals surface area contributed by atoms with Crippen LogP contribution in [0, 0.1) is 11.6 Å². The lowest BCUT2D eigenvalue weighted by atomic mass is 10.0. The number of anilines is 1. The van der Waals surface area contributed by atoms with Crippen molar-refractivity contribution in [3.8, 4) is 0 Å². The van der Waals surface area contributed by atoms with Crippen LogP contribution in [-0.2, 0) is 0 Å². The molecule has 6 nitrogen and oxygen atoms in total. The van der Waals surface area contributed by atoms with Gasteiger partial charge in [0.25, 0.3) is 5.91 Å². The molecule has 3 aromatic rings. The SMILES string of the molecule is NC(=O)c1c(N2CC(F)C[C@@H]2c2cc(F)ccc2F)ccn2ncc(C=O)c12. The van der Waals surface area contributed by atoms with Gasteiger partial charge < -0.3 is 10.6 Å². The summed E-state index contributed by atoms with van der Waals surface area (Å²) in [6, 6.07) is 3.64. The van der Waals surface area contributed by atoms with E-state index >= 15 is 0 Å². The number of nitrogens with zero attached hydrogens (tertiary/aromatic N) is 3. The van der Waals surface area contributed by atoms with Crippen molar-refractivity contribution < 1.29 is 22.8 Å². The number of aldehydes is 1. The molecule has 9 heteroatoms. The van der Waals surface area contributed by atoms with E-state index in [0.717, 1.165) is 18.2 Å². The highest BCUT2D eigenvalue weighted by atomic mass is 19.1. The summed E-state index contributed by atoms with van der Waals surface area (Å²) in [6.45, 7) is -0.137. The number of halogens is 3. The van der Waals surface area contributed by atoms with Crippen LogP contribution in [0.5, 0.6) is 0 Å². The summed E-state index contributed by atoms with van der Waals surface area (Å²) in [5.41, 5.74) is 6.06. The molecule has 1 aliphatic rings. The molecule has 0 bridgehead atoms. The lowest BCUT2D eigenvalue weighted by Crippen LogP contribution is -2.28. The van der Waals surface area contributed by atoms with E-state index in [0.29, 0.717) is 6.29 Å². The first-order valence-corrected chi connectivity index (χ1v) is 8.51. The van der Waals surface area contributed by atoms with E-state index in [1.54, 1.807) is 0 Å². The summed E-state index contributed by atoms with van der Waals surface area (Å²) >= 11 is 0. The fourth-order valence-electron chi connectivity index (χ4n) is 3.78. The summed E-state index contributed by atoms with van der Waals surface area (Å²) < 4.78 is 43.7. The third-order valence-corrected chi connectivity index (χ3v) is 4.94. The van der Waals surface area contributed by atoms with Gasteiger partial charge in [-0.05, 0) is 24.3 Å². The van der Waals surface area contributed by atoms with Crippen molar-refractivity contribution in [2.45, 2.75) is 18.6 Å². The number of alkyl halides is 1. The van der Waals surface area contributed by atoms with Crippen LogP contribution in [0.3, 0.4) is 0 Å². The first kappa shape index (κ1) is 18.0. The van der Waals surface area contributed by atoms with Gasteiger partial charge in [0.1, 0.15) is 17.8 Å². The Labute approximate surface area is 157 Å². The molecule has 0 radical (unpaired) electrons. The van der Waals surface area contributed by atoms with Crippen molar-refractivity contribution in [2.75, 3.05) is 11.4 Å². The van der Waals surface area contributed by atoms with Crippen molar-refractivity contribution in [1.29, 1.82) is 0 Å². The Kier molecular flexibility index (Phi) is 4.29. The standard InChI is InChI=1S/C19H15F3N4O2/c20-11-1-2-14(22)13(5-11)16-6-12(21)8-25(16)15-3-4-26-18(17(15)19(23)28)10(9-27)7-24-26/h1-5,7,9,12,16H,6,8H2,(H2,23,28)/t12?,16-/m1/s1. The second kappa shape index (κ2) is 6.66. The molecule has 28 heavy (non-hydrogen) atoms. The molecule has 1 unspecified atom stereocenters. The summed E-state index contributed by atoms with van der Waals surface area (Å²) in [5, 5.41) is 3.99. The van der Waals surface area contributed by atoms with Crippen LogP contribution in [0.4, 0.5) is 18.9 Å². The Bertz CT molecular complexity index is 1100. The van der Waals surface area contributed by atoms with Crippen LogP contribution < -0.4 is 10.6 Å². The number of pyridine rings is 1. The quantitative estimate of drug-likeness (QED) is 0.697. The molecule has 3 heterocycles. The predicted octanol–water partition coefficient (Wildman–Crippen LogP) is 2.81. The number of benzene rings is 1. The average molecular weight is 388 g/mol. The number of hydrogen-bond acceptors (Lipinski definition) is 4. The number of primary amides is 1. The predicted molar refractivity (Wildman–Crippen MR) is 95.1 cm³/mol. The zero-order valence-corrected chi connectivity index (χ0v) is 14.5. The van der Waals surface area contributed by atoms with Gasteiger partial charge in [0.05, 0.1) is 34.6 Å². The molecule has 4 rings (SSSR count). The lowest BCUT2D eigenvalue weighted by Gasteiger charge is -2.28. The minimum atomic E-state index is -1.32. The molecule has 0 aliphatic carbocycles. The van der Waals surface area contributed by atoms with Crippen LogP contribution >= 0.6 is 0 Å².